The number of ether oxygens (including phenoxy) is 1. The Labute approximate surface area is 218 Å². The van der Waals surface area contributed by atoms with Crippen LogP contribution in [0.3, 0.4) is 0 Å². The molecule has 37 heavy (non-hydrogen) atoms. The Balaban J connectivity index is 1.51. The van der Waals surface area contributed by atoms with Gasteiger partial charge in [-0.2, -0.15) is 5.26 Å². The minimum Gasteiger partial charge on any atom is -0.471 e. The van der Waals surface area contributed by atoms with Crippen LogP contribution in [0.5, 0.6) is 5.88 Å². The standard InChI is InChI=1S/C29H37FN4O3/c1-18(35)34-24(12-19-6-7-23(30)21(10-19)15-31)26(36)17-32-25-14-29(8-5-9-29)37-27-22(25)11-20(16-33-27)13-28(2,3)4/h6-7,10-11,16,24-26,32,36H,5,8-9,12-14,17H2,1-4H3,(H,34,35)/t24-,25-,26-/m0/s1. The predicted octanol–water partition coefficient (Wildman–Crippen LogP) is 4.13. The molecule has 4 rings (SSSR count). The van der Waals surface area contributed by atoms with Crippen molar-refractivity contribution in [3.05, 3.63) is 58.5 Å². The van der Waals surface area contributed by atoms with Crippen LogP contribution >= 0.6 is 0 Å². The Morgan fingerprint density at radius 3 is 2.70 bits per heavy atom. The van der Waals surface area contributed by atoms with Gasteiger partial charge in [0.1, 0.15) is 17.5 Å². The number of hydrogen-bond donors (Lipinski definition) is 3. The number of benzene rings is 1. The normalized spacial score (nSPS) is 19.6. The topological polar surface area (TPSA) is 107 Å². The molecule has 1 amide bonds. The molecule has 1 spiro atoms. The molecule has 1 aliphatic heterocycles. The maximum atomic E-state index is 13.8. The van der Waals surface area contributed by atoms with Crippen LogP contribution < -0.4 is 15.4 Å². The van der Waals surface area contributed by atoms with Gasteiger partial charge in [0.05, 0.1) is 17.7 Å². The molecule has 2 aliphatic rings. The van der Waals surface area contributed by atoms with Crippen LogP contribution in [0.25, 0.3) is 0 Å². The first-order valence-corrected chi connectivity index (χ1v) is 13.0. The van der Waals surface area contributed by atoms with E-state index in [9.17, 15) is 14.3 Å². The quantitative estimate of drug-likeness (QED) is 0.495. The zero-order valence-electron chi connectivity index (χ0n) is 22.1. The summed E-state index contributed by atoms with van der Waals surface area (Å²) in [5, 5.41) is 26.6. The molecule has 7 nitrogen and oxygen atoms in total. The lowest BCUT2D eigenvalue weighted by Gasteiger charge is -2.47. The molecular formula is C29H37FN4O3. The molecule has 1 fully saturated rings. The van der Waals surface area contributed by atoms with E-state index in [1.54, 1.807) is 6.07 Å². The Morgan fingerprint density at radius 1 is 1.32 bits per heavy atom. The highest BCUT2D eigenvalue weighted by Gasteiger charge is 2.46. The third kappa shape index (κ3) is 6.65. The SMILES string of the molecule is CC(=O)N[C@@H](Cc1ccc(F)c(C#N)c1)[C@@H](O)CN[C@H]1CC2(CCC2)Oc2ncc(CC(C)(C)C)cc21. The summed E-state index contributed by atoms with van der Waals surface area (Å²) < 4.78 is 20.1. The molecule has 0 saturated heterocycles. The summed E-state index contributed by atoms with van der Waals surface area (Å²) >= 11 is 0. The van der Waals surface area contributed by atoms with E-state index in [-0.39, 0.29) is 41.5 Å². The third-order valence-corrected chi connectivity index (χ3v) is 7.23. The van der Waals surface area contributed by atoms with Gasteiger partial charge in [-0.15, -0.1) is 0 Å². The number of amides is 1. The van der Waals surface area contributed by atoms with Crippen molar-refractivity contribution in [1.82, 2.24) is 15.6 Å². The van der Waals surface area contributed by atoms with Gasteiger partial charge in [-0.25, -0.2) is 9.37 Å². The number of hydrogen-bond acceptors (Lipinski definition) is 6. The number of carbonyl (C=O) groups is 1. The van der Waals surface area contributed by atoms with Gasteiger partial charge >= 0.3 is 0 Å². The monoisotopic (exact) mass is 508 g/mol. The van der Waals surface area contributed by atoms with E-state index >= 15 is 0 Å². The Morgan fingerprint density at radius 2 is 2.08 bits per heavy atom. The highest BCUT2D eigenvalue weighted by atomic mass is 19.1. The second-order valence-electron chi connectivity index (χ2n) is 11.8. The van der Waals surface area contributed by atoms with Crippen molar-refractivity contribution in [3.63, 3.8) is 0 Å². The van der Waals surface area contributed by atoms with Crippen molar-refractivity contribution in [2.75, 3.05) is 6.54 Å². The summed E-state index contributed by atoms with van der Waals surface area (Å²) in [4.78, 5) is 16.6. The van der Waals surface area contributed by atoms with Gasteiger partial charge in [0, 0.05) is 37.7 Å². The maximum Gasteiger partial charge on any atom is 0.218 e. The second-order valence-corrected chi connectivity index (χ2v) is 11.8. The number of halogens is 1. The molecule has 198 valence electrons. The number of aliphatic hydroxyl groups excluding tert-OH is 1. The number of aromatic nitrogens is 1. The minimum absolute atomic E-state index is 0.0416. The molecule has 1 aromatic heterocycles. The van der Waals surface area contributed by atoms with Crippen molar-refractivity contribution in [1.29, 1.82) is 5.26 Å². The van der Waals surface area contributed by atoms with Crippen molar-refractivity contribution in [3.8, 4) is 11.9 Å². The zero-order chi connectivity index (χ0) is 26.8. The number of nitrogens with one attached hydrogen (secondary N) is 2. The van der Waals surface area contributed by atoms with Crippen LogP contribution in [0.4, 0.5) is 4.39 Å². The lowest BCUT2D eigenvalue weighted by Crippen LogP contribution is -2.52. The number of aliphatic hydroxyl groups is 1. The largest absolute Gasteiger partial charge is 0.471 e. The highest BCUT2D eigenvalue weighted by Crippen LogP contribution is 2.48. The average molecular weight is 509 g/mol. The smallest absolute Gasteiger partial charge is 0.218 e. The average Bonchev–Trinajstić information content (AvgIpc) is 2.80. The van der Waals surface area contributed by atoms with Crippen LogP contribution in [-0.4, -0.2) is 40.3 Å². The van der Waals surface area contributed by atoms with E-state index in [0.717, 1.165) is 43.2 Å². The first kappa shape index (κ1) is 27.0. The van der Waals surface area contributed by atoms with E-state index in [1.165, 1.54) is 19.1 Å². The fourth-order valence-corrected chi connectivity index (χ4v) is 5.34. The molecule has 2 aromatic rings. The number of pyridine rings is 1. The van der Waals surface area contributed by atoms with Crippen LogP contribution in [0.1, 0.15) is 81.7 Å². The van der Waals surface area contributed by atoms with Gasteiger partial charge in [-0.1, -0.05) is 26.8 Å². The molecule has 0 unspecified atom stereocenters. The summed E-state index contributed by atoms with van der Waals surface area (Å²) in [5.74, 6) is -0.205. The number of fused-ring (bicyclic) bond motifs is 1. The van der Waals surface area contributed by atoms with Crippen LogP contribution in [-0.2, 0) is 17.6 Å². The molecule has 1 aromatic carbocycles. The maximum absolute atomic E-state index is 13.8. The number of rotatable bonds is 8. The first-order chi connectivity index (χ1) is 17.5. The van der Waals surface area contributed by atoms with E-state index in [2.05, 4.69) is 42.5 Å². The van der Waals surface area contributed by atoms with Gasteiger partial charge in [0.15, 0.2) is 0 Å². The van der Waals surface area contributed by atoms with Gasteiger partial charge in [0.2, 0.25) is 11.8 Å². The molecule has 3 N–H and O–H groups in total. The molecule has 3 atom stereocenters. The van der Waals surface area contributed by atoms with Gasteiger partial charge in [-0.3, -0.25) is 4.79 Å². The fraction of sp³-hybridized carbons (Fsp3) is 0.552. The lowest BCUT2D eigenvalue weighted by atomic mass is 9.73. The zero-order valence-corrected chi connectivity index (χ0v) is 22.1. The highest BCUT2D eigenvalue weighted by molar-refractivity contribution is 5.73. The summed E-state index contributed by atoms with van der Waals surface area (Å²) in [5.41, 5.74) is 2.66. The fourth-order valence-electron chi connectivity index (χ4n) is 5.34. The summed E-state index contributed by atoms with van der Waals surface area (Å²) in [7, 11) is 0. The Bertz CT molecular complexity index is 1180. The van der Waals surface area contributed by atoms with Gasteiger partial charge < -0.3 is 20.5 Å². The van der Waals surface area contributed by atoms with Gasteiger partial charge in [-0.05, 0) is 66.8 Å². The van der Waals surface area contributed by atoms with Crippen molar-refractivity contribution >= 4 is 5.91 Å². The molecule has 1 saturated carbocycles. The number of carbonyl (C=O) groups excluding carboxylic acids is 1. The Kier molecular flexibility index (Phi) is 7.86. The minimum atomic E-state index is -0.908. The van der Waals surface area contributed by atoms with Crippen molar-refractivity contribution < 1.29 is 19.0 Å². The number of nitriles is 1. The second kappa shape index (κ2) is 10.8. The van der Waals surface area contributed by atoms with Crippen LogP contribution in [0.15, 0.2) is 30.5 Å². The molecule has 0 radical (unpaired) electrons. The molecule has 1 aliphatic carbocycles. The van der Waals surface area contributed by atoms with Gasteiger partial charge in [0.25, 0.3) is 0 Å². The summed E-state index contributed by atoms with van der Waals surface area (Å²) in [6.45, 7) is 8.22. The lowest BCUT2D eigenvalue weighted by molar-refractivity contribution is -0.120. The summed E-state index contributed by atoms with van der Waals surface area (Å²) in [6.07, 6.45) is 6.04. The number of nitrogens with zero attached hydrogens (tertiary/aromatic N) is 2. The van der Waals surface area contributed by atoms with E-state index in [4.69, 9.17) is 10.00 Å². The Hall–Kier alpha value is -3.02. The third-order valence-electron chi connectivity index (χ3n) is 7.23. The van der Waals surface area contributed by atoms with E-state index in [0.29, 0.717) is 11.4 Å². The molecule has 8 heteroatoms. The van der Waals surface area contributed by atoms with E-state index < -0.39 is 18.0 Å². The van der Waals surface area contributed by atoms with Crippen LogP contribution in [0, 0.1) is 22.6 Å². The molecular weight excluding hydrogens is 471 g/mol. The predicted molar refractivity (Wildman–Crippen MR) is 138 cm³/mol. The van der Waals surface area contributed by atoms with Crippen LogP contribution in [0.2, 0.25) is 0 Å². The molecule has 0 bridgehead atoms. The van der Waals surface area contributed by atoms with Crippen molar-refractivity contribution in [2.24, 2.45) is 5.41 Å². The van der Waals surface area contributed by atoms with Crippen molar-refractivity contribution in [2.45, 2.75) is 90.0 Å². The van der Waals surface area contributed by atoms with E-state index in [1.807, 2.05) is 12.3 Å². The molecule has 2 heterocycles. The summed E-state index contributed by atoms with van der Waals surface area (Å²) in [6, 6.07) is 7.62. The first-order valence-electron chi connectivity index (χ1n) is 13.0.